The van der Waals surface area contributed by atoms with Gasteiger partial charge in [-0.3, -0.25) is 4.79 Å². The fraction of sp³-hybridized carbons (Fsp3) is 0.429. The molecule has 1 N–H and O–H groups in total. The minimum absolute atomic E-state index is 0.0719. The third-order valence-corrected chi connectivity index (χ3v) is 5.96. The summed E-state index contributed by atoms with van der Waals surface area (Å²) < 4.78 is 2.06. The van der Waals surface area contributed by atoms with E-state index in [1.54, 1.807) is 0 Å². The van der Waals surface area contributed by atoms with Crippen LogP contribution in [0, 0.1) is 0 Å². The van der Waals surface area contributed by atoms with Gasteiger partial charge in [0.2, 0.25) is 5.82 Å². The summed E-state index contributed by atoms with van der Waals surface area (Å²) >= 11 is 0. The number of carbonyl (C=O) groups is 1. The Balaban J connectivity index is 1.23. The van der Waals surface area contributed by atoms with E-state index < -0.39 is 0 Å². The molecule has 1 saturated heterocycles. The van der Waals surface area contributed by atoms with Crippen LogP contribution in [0.4, 0.5) is 5.82 Å². The predicted molar refractivity (Wildman–Crippen MR) is 107 cm³/mol. The Kier molecular flexibility index (Phi) is 4.43. The summed E-state index contributed by atoms with van der Waals surface area (Å²) in [6.45, 7) is 1.61. The molecule has 3 aromatic rings. The van der Waals surface area contributed by atoms with Crippen LogP contribution in [-0.2, 0) is 0 Å². The molecule has 1 amide bonds. The molecule has 0 aromatic carbocycles. The Morgan fingerprint density at radius 2 is 1.89 bits per heavy atom. The Morgan fingerprint density at radius 1 is 1.07 bits per heavy atom. The maximum atomic E-state index is 12.6. The lowest BCUT2D eigenvalue weighted by Crippen LogP contribution is -2.38. The van der Waals surface area contributed by atoms with E-state index in [1.807, 2.05) is 37.1 Å². The Hall–Kier alpha value is -2.96. The summed E-state index contributed by atoms with van der Waals surface area (Å²) in [5.41, 5.74) is 2.24. The average molecular weight is 376 g/mol. The molecule has 5 rings (SSSR count). The van der Waals surface area contributed by atoms with E-state index in [1.165, 1.54) is 25.7 Å². The van der Waals surface area contributed by atoms with Crippen molar-refractivity contribution in [3.05, 3.63) is 54.5 Å². The van der Waals surface area contributed by atoms with E-state index in [4.69, 9.17) is 0 Å². The first-order valence-electron chi connectivity index (χ1n) is 10.1. The number of anilines is 1. The first kappa shape index (κ1) is 17.2. The third-order valence-electron chi connectivity index (χ3n) is 5.96. The van der Waals surface area contributed by atoms with E-state index in [2.05, 4.69) is 35.6 Å². The van der Waals surface area contributed by atoms with Gasteiger partial charge in [0.1, 0.15) is 0 Å². The number of nitrogens with zero attached hydrogens (tertiary/aromatic N) is 5. The number of fused-ring (bicyclic) bond motifs is 1. The van der Waals surface area contributed by atoms with Gasteiger partial charge in [-0.05, 0) is 42.9 Å². The van der Waals surface area contributed by atoms with Gasteiger partial charge in [0.15, 0.2) is 5.82 Å². The van der Waals surface area contributed by atoms with E-state index in [0.29, 0.717) is 5.92 Å². The van der Waals surface area contributed by atoms with Gasteiger partial charge in [0.05, 0.1) is 5.52 Å². The van der Waals surface area contributed by atoms with Crippen LogP contribution in [0.5, 0.6) is 0 Å². The molecule has 0 bridgehead atoms. The summed E-state index contributed by atoms with van der Waals surface area (Å²) in [5, 5.41) is 3.09. The molecule has 2 fully saturated rings. The quantitative estimate of drug-likeness (QED) is 0.758. The van der Waals surface area contributed by atoms with Gasteiger partial charge in [-0.25, -0.2) is 15.0 Å². The maximum absolute atomic E-state index is 12.6. The zero-order valence-electron chi connectivity index (χ0n) is 15.8. The van der Waals surface area contributed by atoms with Gasteiger partial charge in [-0.2, -0.15) is 0 Å². The zero-order chi connectivity index (χ0) is 18.9. The zero-order valence-corrected chi connectivity index (χ0v) is 15.8. The van der Waals surface area contributed by atoms with Crippen molar-refractivity contribution in [1.82, 2.24) is 24.7 Å². The standard InChI is InChI=1S/C21H24N6O/c28-21(19-23-12-16(13-24-19)15-4-1-2-5-15)25-17-7-10-27(14-17)20-18-6-3-9-26(18)11-8-22-20/h3,6,8-9,11-13,15,17H,1-2,4-5,7,10,14H2,(H,25,28). The molecule has 0 radical (unpaired) electrons. The van der Waals surface area contributed by atoms with Crippen LogP contribution in [-0.4, -0.2) is 44.4 Å². The van der Waals surface area contributed by atoms with Gasteiger partial charge in [0.25, 0.3) is 5.91 Å². The Morgan fingerprint density at radius 3 is 2.71 bits per heavy atom. The number of nitrogens with one attached hydrogen (secondary N) is 1. The molecule has 7 heteroatoms. The van der Waals surface area contributed by atoms with Crippen molar-refractivity contribution < 1.29 is 4.79 Å². The molecule has 3 aromatic heterocycles. The molecule has 1 saturated carbocycles. The highest BCUT2D eigenvalue weighted by Gasteiger charge is 2.27. The van der Waals surface area contributed by atoms with Crippen molar-refractivity contribution in [3.8, 4) is 0 Å². The lowest BCUT2D eigenvalue weighted by molar-refractivity contribution is 0.0929. The molecule has 4 heterocycles. The van der Waals surface area contributed by atoms with Crippen molar-refractivity contribution in [1.29, 1.82) is 0 Å². The van der Waals surface area contributed by atoms with Crippen LogP contribution in [0.1, 0.15) is 54.2 Å². The molecule has 144 valence electrons. The highest BCUT2D eigenvalue weighted by atomic mass is 16.2. The predicted octanol–water partition coefficient (Wildman–Crippen LogP) is 2.79. The summed E-state index contributed by atoms with van der Waals surface area (Å²) in [5.74, 6) is 1.58. The minimum Gasteiger partial charge on any atom is -0.353 e. The summed E-state index contributed by atoms with van der Waals surface area (Å²) in [7, 11) is 0. The normalized spacial score (nSPS) is 20.1. The van der Waals surface area contributed by atoms with Crippen molar-refractivity contribution in [2.75, 3.05) is 18.0 Å². The van der Waals surface area contributed by atoms with Gasteiger partial charge < -0.3 is 14.6 Å². The van der Waals surface area contributed by atoms with Crippen molar-refractivity contribution >= 4 is 17.2 Å². The topological polar surface area (TPSA) is 75.4 Å². The van der Waals surface area contributed by atoms with E-state index in [0.717, 1.165) is 36.4 Å². The molecule has 1 atom stereocenters. The average Bonchev–Trinajstić information content (AvgIpc) is 3.48. The van der Waals surface area contributed by atoms with Crippen molar-refractivity contribution in [3.63, 3.8) is 0 Å². The Labute approximate surface area is 163 Å². The highest BCUT2D eigenvalue weighted by Crippen LogP contribution is 2.33. The molecule has 28 heavy (non-hydrogen) atoms. The van der Waals surface area contributed by atoms with Gasteiger partial charge in [-0.15, -0.1) is 0 Å². The van der Waals surface area contributed by atoms with E-state index in [-0.39, 0.29) is 17.8 Å². The van der Waals surface area contributed by atoms with E-state index >= 15 is 0 Å². The monoisotopic (exact) mass is 376 g/mol. The van der Waals surface area contributed by atoms with Crippen LogP contribution in [0.25, 0.3) is 5.52 Å². The lowest BCUT2D eigenvalue weighted by Gasteiger charge is -2.19. The third kappa shape index (κ3) is 3.21. The summed E-state index contributed by atoms with van der Waals surface area (Å²) in [6, 6.07) is 4.15. The SMILES string of the molecule is O=C(NC1CCN(c2nccn3cccc23)C1)c1ncc(C2CCCC2)cn1. The first-order chi connectivity index (χ1) is 13.8. The number of amides is 1. The number of hydrogen-bond acceptors (Lipinski definition) is 5. The van der Waals surface area contributed by atoms with Crippen LogP contribution < -0.4 is 10.2 Å². The number of carbonyl (C=O) groups excluding carboxylic acids is 1. The number of aromatic nitrogens is 4. The first-order valence-corrected chi connectivity index (χ1v) is 10.1. The maximum Gasteiger partial charge on any atom is 0.289 e. The number of rotatable bonds is 4. The molecule has 7 nitrogen and oxygen atoms in total. The van der Waals surface area contributed by atoms with E-state index in [9.17, 15) is 4.79 Å². The number of hydrogen-bond donors (Lipinski definition) is 1. The van der Waals surface area contributed by atoms with Crippen LogP contribution in [0.3, 0.4) is 0 Å². The largest absolute Gasteiger partial charge is 0.353 e. The molecular weight excluding hydrogens is 352 g/mol. The van der Waals surface area contributed by atoms with Crippen LogP contribution >= 0.6 is 0 Å². The second-order valence-electron chi connectivity index (χ2n) is 7.78. The van der Waals surface area contributed by atoms with Crippen LogP contribution in [0.2, 0.25) is 0 Å². The Bertz CT molecular complexity index is 976. The summed E-state index contributed by atoms with van der Waals surface area (Å²) in [4.78, 5) is 28.0. The molecular formula is C21H24N6O. The second kappa shape index (κ2) is 7.22. The molecule has 1 aliphatic heterocycles. The van der Waals surface area contributed by atoms with Gasteiger partial charge in [0, 0.05) is 50.1 Å². The lowest BCUT2D eigenvalue weighted by atomic mass is 10.0. The van der Waals surface area contributed by atoms with Gasteiger partial charge >= 0.3 is 0 Å². The highest BCUT2D eigenvalue weighted by molar-refractivity contribution is 5.90. The van der Waals surface area contributed by atoms with Crippen molar-refractivity contribution in [2.24, 2.45) is 0 Å². The van der Waals surface area contributed by atoms with Gasteiger partial charge in [-0.1, -0.05) is 12.8 Å². The smallest absolute Gasteiger partial charge is 0.289 e. The summed E-state index contributed by atoms with van der Waals surface area (Å²) in [6.07, 6.45) is 15.3. The fourth-order valence-corrected chi connectivity index (χ4v) is 4.44. The fourth-order valence-electron chi connectivity index (χ4n) is 4.44. The van der Waals surface area contributed by atoms with Crippen LogP contribution in [0.15, 0.2) is 43.1 Å². The van der Waals surface area contributed by atoms with Crippen molar-refractivity contribution in [2.45, 2.75) is 44.1 Å². The molecule has 1 aliphatic carbocycles. The molecule has 1 unspecified atom stereocenters. The molecule has 0 spiro atoms. The molecule has 2 aliphatic rings. The second-order valence-corrected chi connectivity index (χ2v) is 7.78. The minimum atomic E-state index is -0.196.